The van der Waals surface area contributed by atoms with Crippen LogP contribution in [-0.2, 0) is 59.0 Å². The molecule has 9 N–H and O–H groups in total. The number of aromatic amines is 1. The number of allylic oxidation sites excluding steroid dienone is 1. The summed E-state index contributed by atoms with van der Waals surface area (Å²) in [6.07, 6.45) is 12.3. The number of benzene rings is 5. The van der Waals surface area contributed by atoms with Gasteiger partial charge in [0.1, 0.15) is 24.0 Å². The van der Waals surface area contributed by atoms with Gasteiger partial charge in [-0.1, -0.05) is 115 Å². The molecular weight excluding hydrogens is 1250 g/mol. The Morgan fingerprint density at radius 1 is 0.594 bits per heavy atom. The second-order valence-corrected chi connectivity index (χ2v) is 23.5. The molecule has 96 heavy (non-hydrogen) atoms. The summed E-state index contributed by atoms with van der Waals surface area (Å²) >= 11 is 5.87. The maximum Gasteiger partial charge on any atom is 0.330 e. The zero-order chi connectivity index (χ0) is 68.9. The van der Waals surface area contributed by atoms with E-state index in [0.717, 1.165) is 28.1 Å². The van der Waals surface area contributed by atoms with Crippen molar-refractivity contribution in [1.29, 1.82) is 0 Å². The molecule has 6 aromatic rings. The first-order chi connectivity index (χ1) is 46.3. The van der Waals surface area contributed by atoms with Crippen LogP contribution in [0.1, 0.15) is 105 Å². The summed E-state index contributed by atoms with van der Waals surface area (Å²) in [6, 6.07) is 32.5. The summed E-state index contributed by atoms with van der Waals surface area (Å²) in [5.41, 5.74) is 2.95. The van der Waals surface area contributed by atoms with Crippen LogP contribution in [0.15, 0.2) is 158 Å². The van der Waals surface area contributed by atoms with Gasteiger partial charge in [-0.25, -0.2) is 14.0 Å². The third-order valence-corrected chi connectivity index (χ3v) is 16.1. The third-order valence-electron chi connectivity index (χ3n) is 15.9. The molecule has 0 spiro atoms. The van der Waals surface area contributed by atoms with Crippen molar-refractivity contribution in [3.05, 3.63) is 185 Å². The zero-order valence-electron chi connectivity index (χ0n) is 53.7. The number of carbonyl (C=O) groups is 11. The van der Waals surface area contributed by atoms with Gasteiger partial charge < -0.3 is 57.0 Å². The van der Waals surface area contributed by atoms with Crippen LogP contribution < -0.4 is 42.5 Å². The summed E-state index contributed by atoms with van der Waals surface area (Å²) in [5, 5.41) is 25.4. The number of ketones is 1. The Balaban J connectivity index is 0.000000204. The average molecular weight is 1330 g/mol. The van der Waals surface area contributed by atoms with Crippen LogP contribution in [0.2, 0.25) is 5.02 Å². The van der Waals surface area contributed by atoms with Crippen molar-refractivity contribution in [3.8, 4) is 0 Å². The molecule has 5 aromatic carbocycles. The smallest absolute Gasteiger partial charge is 0.330 e. The van der Waals surface area contributed by atoms with Gasteiger partial charge in [-0.2, -0.15) is 0 Å². The van der Waals surface area contributed by atoms with E-state index in [2.05, 4.69) is 47.5 Å². The molecule has 3 saturated heterocycles. The van der Waals surface area contributed by atoms with Crippen molar-refractivity contribution in [2.75, 3.05) is 38.2 Å². The Hall–Kier alpha value is -10.3. The highest BCUT2D eigenvalue weighted by Gasteiger charge is 2.32. The topological polar surface area (TPSA) is 318 Å². The van der Waals surface area contributed by atoms with Crippen LogP contribution in [0, 0.1) is 23.6 Å². The summed E-state index contributed by atoms with van der Waals surface area (Å²) < 4.78 is 23.1. The molecule has 22 nitrogen and oxygen atoms in total. The van der Waals surface area contributed by atoms with Gasteiger partial charge in [-0.05, 0) is 118 Å². The summed E-state index contributed by atoms with van der Waals surface area (Å²) in [4.78, 5) is 138. The Morgan fingerprint density at radius 3 is 1.69 bits per heavy atom. The van der Waals surface area contributed by atoms with E-state index in [1.54, 1.807) is 68.5 Å². The lowest BCUT2D eigenvalue weighted by Crippen LogP contribution is -2.50. The summed E-state index contributed by atoms with van der Waals surface area (Å²) in [5.74, 6) is -4.49. The number of hydrogen-bond acceptors (Lipinski definition) is 13. The highest BCUT2D eigenvalue weighted by molar-refractivity contribution is 6.31. The van der Waals surface area contributed by atoms with Gasteiger partial charge in [-0.3, -0.25) is 43.2 Å². The first kappa shape index (κ1) is 73.1. The molecule has 3 aliphatic rings. The second kappa shape index (κ2) is 37.6. The van der Waals surface area contributed by atoms with Crippen molar-refractivity contribution in [3.63, 3.8) is 0 Å². The summed E-state index contributed by atoms with van der Waals surface area (Å²) in [6.45, 7) is 7.54. The number of fused-ring (bicyclic) bond motifs is 2. The molecule has 3 fully saturated rings. The molecule has 4 heterocycles. The summed E-state index contributed by atoms with van der Waals surface area (Å²) in [7, 11) is 0. The van der Waals surface area contributed by atoms with Crippen molar-refractivity contribution in [1.82, 2.24) is 42.2 Å². The van der Waals surface area contributed by atoms with Gasteiger partial charge in [0.05, 0.1) is 13.2 Å². The molecule has 0 saturated carbocycles. The van der Waals surface area contributed by atoms with Gasteiger partial charge in [0, 0.05) is 114 Å². The standard InChI is InChI=1S/C27H29FN4O3.C25H28N2O5.C20H24ClN3O5/c1-2-5-21(15-19-12-13-29-25(19)33)30-26(34)23(14-17-8-10-20(28)11-9-17)32-27(35)24-16-18-6-3-4-7-22(18)31-24;1-2-32-24(30)13-10-19(16-18-14-15-26-25(18)31)27-23(29)12-11-22(28)21-9-5-7-17-6-3-4-8-20(17)21;1-2-29-19(27)7-6-16(10-13-8-9-22-20(13)28)24-18(26)12-17(25)23-15-5-3-4-14(21)11-15/h2-11,16,19,21,23,31H,12-15H2,1H3,(H,29,33)(H,30,34)(H,32,35);3-10,13,18-19H,2,11-12,14-16H2,1H3,(H,26,31)(H,27,29);3-7,11,13,16H,2,8-10,12H2,1H3,(H,22,28)(H,23,25)(H,24,26)/b5-2+;13-10+;7-6+/t19-,21+,23-;18-,19+;13-,16+/m000/s1. The van der Waals surface area contributed by atoms with E-state index in [1.807, 2.05) is 79.7 Å². The maximum absolute atomic E-state index is 13.4. The Bertz CT molecular complexity index is 3800. The number of nitrogens with one attached hydrogen (secondary N) is 9. The second-order valence-electron chi connectivity index (χ2n) is 23.1. The fourth-order valence-electron chi connectivity index (χ4n) is 11.2. The van der Waals surface area contributed by atoms with Gasteiger partial charge in [0.15, 0.2) is 5.78 Å². The highest BCUT2D eigenvalue weighted by Crippen LogP contribution is 2.24. The number of carbonyl (C=O) groups excluding carboxylic acids is 11. The zero-order valence-corrected chi connectivity index (χ0v) is 54.5. The number of H-pyrrole nitrogens is 1. The monoisotopic (exact) mass is 1330 g/mol. The predicted molar refractivity (Wildman–Crippen MR) is 361 cm³/mol. The Labute approximate surface area is 560 Å². The van der Waals surface area contributed by atoms with Gasteiger partial charge in [0.2, 0.25) is 41.4 Å². The highest BCUT2D eigenvalue weighted by atomic mass is 35.5. The largest absolute Gasteiger partial charge is 0.463 e. The molecule has 0 radical (unpaired) electrons. The molecule has 0 unspecified atom stereocenters. The molecule has 9 rings (SSSR count). The molecule has 506 valence electrons. The minimum atomic E-state index is -0.899. The lowest BCUT2D eigenvalue weighted by molar-refractivity contribution is -0.138. The van der Waals surface area contributed by atoms with Crippen molar-refractivity contribution in [2.45, 2.75) is 109 Å². The van der Waals surface area contributed by atoms with Crippen LogP contribution in [0.5, 0.6) is 0 Å². The fraction of sp³-hybridized carbons (Fsp3) is 0.347. The van der Waals surface area contributed by atoms with Crippen LogP contribution in [0.4, 0.5) is 10.1 Å². The lowest BCUT2D eigenvalue weighted by atomic mass is 9.97. The SMILES string of the molecule is C/C=C/[C@H](C[C@@H]1CCNC1=O)NC(=O)[C@H](Cc1ccc(F)cc1)NC(=O)c1cc2ccccc2[nH]1.CCOC(=O)/C=C/[C@H](C[C@@H]1CCNC1=O)NC(=O)CC(=O)Nc1cccc(Cl)c1.CCOC(=O)/C=C/[C@H](C[C@@H]1CCNC1=O)NC(=O)CCC(=O)c1cccc2ccccc12. The normalized spacial score (nSPS) is 17.0. The maximum atomic E-state index is 13.4. The van der Waals surface area contributed by atoms with Crippen molar-refractivity contribution in [2.24, 2.45) is 17.8 Å². The van der Waals surface area contributed by atoms with Crippen LogP contribution in [0.3, 0.4) is 0 Å². The number of Topliss-reactive ketones (excluding diaryl/α,β-unsaturated/α-hetero) is 1. The number of rotatable bonds is 28. The quantitative estimate of drug-likeness (QED) is 0.00741. The lowest BCUT2D eigenvalue weighted by Gasteiger charge is -2.23. The van der Waals surface area contributed by atoms with Gasteiger partial charge in [0.25, 0.3) is 5.91 Å². The number of halogens is 2. The Morgan fingerprint density at radius 2 is 1.14 bits per heavy atom. The van der Waals surface area contributed by atoms with Crippen molar-refractivity contribution >= 4 is 104 Å². The number of anilines is 1. The van der Waals surface area contributed by atoms with E-state index < -0.39 is 54.2 Å². The Kier molecular flexibility index (Phi) is 28.6. The molecule has 3 aliphatic heterocycles. The molecule has 0 aliphatic carbocycles. The number of esters is 2. The first-order valence-electron chi connectivity index (χ1n) is 32.0. The van der Waals surface area contributed by atoms with Crippen molar-refractivity contribution < 1.29 is 66.6 Å². The van der Waals surface area contributed by atoms with Crippen LogP contribution in [-0.4, -0.2) is 127 Å². The minimum Gasteiger partial charge on any atom is -0.463 e. The number of ether oxygens (including phenoxy) is 2. The average Bonchev–Trinajstić information content (AvgIpc) is 0.982. The van der Waals surface area contributed by atoms with Crippen LogP contribution >= 0.6 is 11.6 Å². The van der Waals surface area contributed by atoms with E-state index in [0.29, 0.717) is 79.3 Å². The molecule has 7 atom stereocenters. The molecule has 8 amide bonds. The predicted octanol–water partition coefficient (Wildman–Crippen LogP) is 7.97. The van der Waals surface area contributed by atoms with Gasteiger partial charge >= 0.3 is 11.9 Å². The third kappa shape index (κ3) is 23.6. The van der Waals surface area contributed by atoms with E-state index in [4.69, 9.17) is 21.1 Å². The minimum absolute atomic E-state index is 0.0104. The molecule has 24 heteroatoms. The van der Waals surface area contributed by atoms with E-state index in [1.165, 1.54) is 30.4 Å². The molecular formula is C72H81ClFN9O13. The first-order valence-corrected chi connectivity index (χ1v) is 32.4. The van der Waals surface area contributed by atoms with E-state index in [9.17, 15) is 57.1 Å². The molecule has 1 aromatic heterocycles. The number of para-hydroxylation sites is 1. The van der Waals surface area contributed by atoms with E-state index in [-0.39, 0.29) is 97.4 Å². The number of aromatic nitrogens is 1. The number of amides is 8. The van der Waals surface area contributed by atoms with Gasteiger partial charge in [-0.15, -0.1) is 0 Å². The van der Waals surface area contributed by atoms with E-state index >= 15 is 0 Å². The van der Waals surface area contributed by atoms with Crippen LogP contribution in [0.25, 0.3) is 21.7 Å². The fourth-order valence-corrected chi connectivity index (χ4v) is 11.3. The molecule has 0 bridgehead atoms. The number of hydrogen-bond donors (Lipinski definition) is 9.